The van der Waals surface area contributed by atoms with Crippen LogP contribution in [0.1, 0.15) is 44.5 Å². The molecule has 0 aromatic carbocycles. The van der Waals surface area contributed by atoms with Gasteiger partial charge in [-0.05, 0) is 32.2 Å². The lowest BCUT2D eigenvalue weighted by molar-refractivity contribution is -0.0124. The summed E-state index contributed by atoms with van der Waals surface area (Å²) in [4.78, 5) is 14.3. The van der Waals surface area contributed by atoms with Gasteiger partial charge in [-0.1, -0.05) is 20.3 Å². The Morgan fingerprint density at radius 3 is 2.76 bits per heavy atom. The zero-order valence-electron chi connectivity index (χ0n) is 13.6. The SMILES string of the molecule is Cc1cnc(CN2CC3CCCCN3CC2C(C)C)cn1. The van der Waals surface area contributed by atoms with Gasteiger partial charge in [-0.3, -0.25) is 19.8 Å². The summed E-state index contributed by atoms with van der Waals surface area (Å²) < 4.78 is 0. The lowest BCUT2D eigenvalue weighted by atomic mass is 9.92. The topological polar surface area (TPSA) is 32.3 Å². The number of hydrogen-bond donors (Lipinski definition) is 0. The van der Waals surface area contributed by atoms with Gasteiger partial charge >= 0.3 is 0 Å². The third-order valence-corrected chi connectivity index (χ3v) is 5.05. The van der Waals surface area contributed by atoms with Crippen molar-refractivity contribution >= 4 is 0 Å². The fourth-order valence-corrected chi connectivity index (χ4v) is 3.79. The lowest BCUT2D eigenvalue weighted by Gasteiger charge is -2.49. The van der Waals surface area contributed by atoms with E-state index in [-0.39, 0.29) is 0 Å². The van der Waals surface area contributed by atoms with Crippen molar-refractivity contribution in [1.29, 1.82) is 0 Å². The van der Waals surface area contributed by atoms with Gasteiger partial charge in [0.05, 0.1) is 11.4 Å². The third-order valence-electron chi connectivity index (χ3n) is 5.05. The van der Waals surface area contributed by atoms with Gasteiger partial charge in [0.15, 0.2) is 0 Å². The fraction of sp³-hybridized carbons (Fsp3) is 0.765. The minimum absolute atomic E-state index is 0.641. The largest absolute Gasteiger partial charge is 0.298 e. The van der Waals surface area contributed by atoms with Crippen molar-refractivity contribution in [2.24, 2.45) is 5.92 Å². The highest BCUT2D eigenvalue weighted by molar-refractivity contribution is 5.02. The summed E-state index contributed by atoms with van der Waals surface area (Å²) in [6.45, 7) is 11.4. The maximum atomic E-state index is 4.55. The number of aryl methyl sites for hydroxylation is 1. The molecule has 0 saturated carbocycles. The Bertz CT molecular complexity index is 456. The first-order valence-electron chi connectivity index (χ1n) is 8.39. The summed E-state index contributed by atoms with van der Waals surface area (Å²) in [5.41, 5.74) is 2.10. The van der Waals surface area contributed by atoms with Crippen LogP contribution in [0.25, 0.3) is 0 Å². The molecule has 2 aliphatic heterocycles. The number of piperazine rings is 1. The predicted molar refractivity (Wildman–Crippen MR) is 85.0 cm³/mol. The molecule has 0 N–H and O–H groups in total. The van der Waals surface area contributed by atoms with Crippen molar-refractivity contribution in [2.75, 3.05) is 19.6 Å². The zero-order valence-corrected chi connectivity index (χ0v) is 13.6. The number of rotatable bonds is 3. The fourth-order valence-electron chi connectivity index (χ4n) is 3.79. The molecule has 2 atom stereocenters. The van der Waals surface area contributed by atoms with Gasteiger partial charge in [-0.15, -0.1) is 0 Å². The van der Waals surface area contributed by atoms with E-state index in [0.717, 1.165) is 24.0 Å². The second-order valence-electron chi connectivity index (χ2n) is 7.03. The molecule has 1 aromatic rings. The molecule has 3 heterocycles. The van der Waals surface area contributed by atoms with Crippen molar-refractivity contribution < 1.29 is 0 Å². The van der Waals surface area contributed by atoms with Gasteiger partial charge in [-0.25, -0.2) is 0 Å². The van der Waals surface area contributed by atoms with E-state index in [1.165, 1.54) is 38.9 Å². The van der Waals surface area contributed by atoms with E-state index < -0.39 is 0 Å². The van der Waals surface area contributed by atoms with E-state index in [9.17, 15) is 0 Å². The van der Waals surface area contributed by atoms with E-state index in [1.54, 1.807) is 0 Å². The van der Waals surface area contributed by atoms with E-state index in [2.05, 4.69) is 33.6 Å². The molecular weight excluding hydrogens is 260 g/mol. The summed E-state index contributed by atoms with van der Waals surface area (Å²) in [7, 11) is 0. The minimum atomic E-state index is 0.641. The van der Waals surface area contributed by atoms with E-state index in [0.29, 0.717) is 12.0 Å². The zero-order chi connectivity index (χ0) is 14.8. The van der Waals surface area contributed by atoms with E-state index >= 15 is 0 Å². The number of hydrogen-bond acceptors (Lipinski definition) is 4. The molecular formula is C17H28N4. The quantitative estimate of drug-likeness (QED) is 0.855. The Morgan fingerprint density at radius 2 is 2.05 bits per heavy atom. The monoisotopic (exact) mass is 288 g/mol. The smallest absolute Gasteiger partial charge is 0.0727 e. The molecule has 4 nitrogen and oxygen atoms in total. The highest BCUT2D eigenvalue weighted by Gasteiger charge is 2.36. The molecule has 0 aliphatic carbocycles. The van der Waals surface area contributed by atoms with Gasteiger partial charge in [0.2, 0.25) is 0 Å². The highest BCUT2D eigenvalue weighted by Crippen LogP contribution is 2.27. The Labute approximate surface area is 128 Å². The van der Waals surface area contributed by atoms with Crippen LogP contribution >= 0.6 is 0 Å². The lowest BCUT2D eigenvalue weighted by Crippen LogP contribution is -2.60. The normalized spacial score (nSPS) is 27.8. The first-order chi connectivity index (χ1) is 10.1. The summed E-state index contributed by atoms with van der Waals surface area (Å²) >= 11 is 0. The molecule has 2 fully saturated rings. The Morgan fingerprint density at radius 1 is 1.19 bits per heavy atom. The summed E-state index contributed by atoms with van der Waals surface area (Å²) in [5, 5.41) is 0. The van der Waals surface area contributed by atoms with Crippen molar-refractivity contribution in [3.8, 4) is 0 Å². The second kappa shape index (κ2) is 6.41. The van der Waals surface area contributed by atoms with Gasteiger partial charge in [-0.2, -0.15) is 0 Å². The van der Waals surface area contributed by atoms with Gasteiger partial charge in [0.1, 0.15) is 0 Å². The number of piperidine rings is 1. The van der Waals surface area contributed by atoms with Crippen LogP contribution in [0.3, 0.4) is 0 Å². The second-order valence-corrected chi connectivity index (χ2v) is 7.03. The molecule has 0 amide bonds. The van der Waals surface area contributed by atoms with Crippen LogP contribution in [0.15, 0.2) is 12.4 Å². The first kappa shape index (κ1) is 14.9. The molecule has 1 aromatic heterocycles. The summed E-state index contributed by atoms with van der Waals surface area (Å²) in [5.74, 6) is 0.686. The average molecular weight is 288 g/mol. The maximum Gasteiger partial charge on any atom is 0.0727 e. The van der Waals surface area contributed by atoms with Crippen LogP contribution in [0.4, 0.5) is 0 Å². The molecule has 4 heteroatoms. The molecule has 2 saturated heterocycles. The molecule has 0 bridgehead atoms. The van der Waals surface area contributed by atoms with Crippen LogP contribution in [-0.4, -0.2) is 51.5 Å². The van der Waals surface area contributed by atoms with E-state index in [4.69, 9.17) is 0 Å². The molecule has 2 aliphatic rings. The Balaban J connectivity index is 1.72. The van der Waals surface area contributed by atoms with E-state index in [1.807, 2.05) is 19.3 Å². The van der Waals surface area contributed by atoms with Crippen LogP contribution in [-0.2, 0) is 6.54 Å². The van der Waals surface area contributed by atoms with Crippen molar-refractivity contribution in [1.82, 2.24) is 19.8 Å². The maximum absolute atomic E-state index is 4.55. The Hall–Kier alpha value is -1.00. The van der Waals surface area contributed by atoms with Crippen molar-refractivity contribution in [2.45, 2.75) is 58.7 Å². The molecule has 21 heavy (non-hydrogen) atoms. The molecule has 2 unspecified atom stereocenters. The summed E-state index contributed by atoms with van der Waals surface area (Å²) in [6, 6.07) is 1.40. The molecule has 0 spiro atoms. The van der Waals surface area contributed by atoms with Gasteiger partial charge in [0.25, 0.3) is 0 Å². The van der Waals surface area contributed by atoms with Crippen LogP contribution < -0.4 is 0 Å². The van der Waals surface area contributed by atoms with Gasteiger partial charge in [0, 0.05) is 44.1 Å². The minimum Gasteiger partial charge on any atom is -0.298 e. The van der Waals surface area contributed by atoms with Crippen LogP contribution in [0.5, 0.6) is 0 Å². The molecule has 116 valence electrons. The summed E-state index contributed by atoms with van der Waals surface area (Å²) in [6.07, 6.45) is 7.97. The van der Waals surface area contributed by atoms with Crippen molar-refractivity contribution in [3.05, 3.63) is 23.8 Å². The van der Waals surface area contributed by atoms with Crippen LogP contribution in [0, 0.1) is 12.8 Å². The Kier molecular flexibility index (Phi) is 4.55. The number of aromatic nitrogens is 2. The molecule has 0 radical (unpaired) electrons. The molecule has 3 rings (SSSR count). The van der Waals surface area contributed by atoms with Crippen LogP contribution in [0.2, 0.25) is 0 Å². The van der Waals surface area contributed by atoms with Gasteiger partial charge < -0.3 is 0 Å². The third kappa shape index (κ3) is 3.43. The number of nitrogens with zero attached hydrogens (tertiary/aromatic N) is 4. The average Bonchev–Trinajstić information content (AvgIpc) is 2.48. The van der Waals surface area contributed by atoms with Crippen molar-refractivity contribution in [3.63, 3.8) is 0 Å². The first-order valence-corrected chi connectivity index (χ1v) is 8.39. The predicted octanol–water partition coefficient (Wildman–Crippen LogP) is 2.48. The standard InChI is InChI=1S/C17H28N4/c1-13(2)17-12-20-7-5-4-6-16(20)11-21(17)10-15-9-18-14(3)8-19-15/h8-9,13,16-17H,4-7,10-12H2,1-3H3. The number of fused-ring (bicyclic) bond motifs is 1. The highest BCUT2D eigenvalue weighted by atomic mass is 15.3.